The van der Waals surface area contributed by atoms with E-state index in [1.807, 2.05) is 24.3 Å². The number of anilines is 1. The Morgan fingerprint density at radius 2 is 1.64 bits per heavy atom. The summed E-state index contributed by atoms with van der Waals surface area (Å²) < 4.78 is 0. The van der Waals surface area contributed by atoms with Crippen molar-refractivity contribution in [3.05, 3.63) is 65.2 Å². The van der Waals surface area contributed by atoms with Crippen LogP contribution in [0.5, 0.6) is 0 Å². The Labute approximate surface area is 136 Å². The van der Waals surface area contributed by atoms with Gasteiger partial charge in [0.1, 0.15) is 6.54 Å². The van der Waals surface area contributed by atoms with E-state index >= 15 is 0 Å². The van der Waals surface area contributed by atoms with Crippen LogP contribution in [0.3, 0.4) is 0 Å². The minimum atomic E-state index is 0.746. The molecule has 0 saturated carbocycles. The summed E-state index contributed by atoms with van der Waals surface area (Å²) in [5, 5.41) is 5.28. The summed E-state index contributed by atoms with van der Waals surface area (Å²) in [6.07, 6.45) is 2.12. The summed E-state index contributed by atoms with van der Waals surface area (Å²) in [6.45, 7) is 3.41. The van der Waals surface area contributed by atoms with Crippen molar-refractivity contribution in [3.63, 3.8) is 0 Å². The maximum absolute atomic E-state index is 5.88. The highest BCUT2D eigenvalue weighted by Crippen LogP contribution is 2.13. The molecular weight excluding hydrogens is 294 g/mol. The summed E-state index contributed by atoms with van der Waals surface area (Å²) in [5.41, 5.74) is 6.78. The molecule has 1 heterocycles. The van der Waals surface area contributed by atoms with E-state index in [-0.39, 0.29) is 0 Å². The summed E-state index contributed by atoms with van der Waals surface area (Å²) in [5.74, 6) is 0. The molecule has 0 spiro atoms. The highest BCUT2D eigenvalue weighted by atomic mass is 35.5. The summed E-state index contributed by atoms with van der Waals surface area (Å²) in [7, 11) is 0. The van der Waals surface area contributed by atoms with Crippen LogP contribution in [-0.2, 0) is 6.54 Å². The third kappa shape index (κ3) is 4.33. The van der Waals surface area contributed by atoms with Gasteiger partial charge in [0.25, 0.3) is 0 Å². The van der Waals surface area contributed by atoms with E-state index < -0.39 is 0 Å². The Balaban J connectivity index is 1.49. The molecule has 3 nitrogen and oxygen atoms in total. The molecule has 1 aliphatic heterocycles. The standard InChI is InChI=1S/C18H20ClN3/c19-16-6-8-17(9-7-16)20-21-18-10-12-22(13-11-18)14-15-4-2-1-3-5-15/h1-9,20H,10-14H2/p+1. The third-order valence-corrected chi connectivity index (χ3v) is 4.27. The quantitative estimate of drug-likeness (QED) is 0.835. The fraction of sp³-hybridized carbons (Fsp3) is 0.278. The fourth-order valence-electron chi connectivity index (χ4n) is 2.73. The van der Waals surface area contributed by atoms with E-state index in [4.69, 9.17) is 11.6 Å². The number of quaternary nitrogens is 1. The number of hydrogen-bond acceptors (Lipinski definition) is 2. The van der Waals surface area contributed by atoms with Crippen LogP contribution in [0, 0.1) is 0 Å². The van der Waals surface area contributed by atoms with Crippen molar-refractivity contribution in [2.45, 2.75) is 19.4 Å². The molecular formula is C18H21ClN3+. The van der Waals surface area contributed by atoms with E-state index in [1.165, 1.54) is 11.3 Å². The number of rotatable bonds is 4. The molecule has 0 aliphatic carbocycles. The Bertz CT molecular complexity index is 613. The van der Waals surface area contributed by atoms with Gasteiger partial charge in [-0.25, -0.2) is 0 Å². The number of likely N-dealkylation sites (tertiary alicyclic amines) is 1. The molecule has 0 unspecified atom stereocenters. The molecule has 4 heteroatoms. The van der Waals surface area contributed by atoms with Crippen molar-refractivity contribution in [1.29, 1.82) is 0 Å². The lowest BCUT2D eigenvalue weighted by atomic mass is 10.1. The maximum Gasteiger partial charge on any atom is 0.103 e. The molecule has 2 aromatic rings. The molecule has 0 amide bonds. The molecule has 2 aromatic carbocycles. The summed E-state index contributed by atoms with van der Waals surface area (Å²) in [4.78, 5) is 1.64. The van der Waals surface area contributed by atoms with Gasteiger partial charge in [-0.2, -0.15) is 5.10 Å². The van der Waals surface area contributed by atoms with E-state index in [0.717, 1.165) is 43.2 Å². The van der Waals surface area contributed by atoms with Gasteiger partial charge in [-0.15, -0.1) is 0 Å². The fourth-order valence-corrected chi connectivity index (χ4v) is 2.86. The number of nitrogens with zero attached hydrogens (tertiary/aromatic N) is 1. The minimum absolute atomic E-state index is 0.746. The van der Waals surface area contributed by atoms with Crippen LogP contribution in [0.1, 0.15) is 18.4 Å². The topological polar surface area (TPSA) is 28.8 Å². The van der Waals surface area contributed by atoms with E-state index in [2.05, 4.69) is 40.9 Å². The lowest BCUT2D eigenvalue weighted by molar-refractivity contribution is -0.914. The SMILES string of the molecule is Clc1ccc(NN=C2CC[NH+](Cc3ccccc3)CC2)cc1. The number of piperidine rings is 1. The van der Waals surface area contributed by atoms with Crippen molar-refractivity contribution in [2.75, 3.05) is 18.5 Å². The van der Waals surface area contributed by atoms with Gasteiger partial charge < -0.3 is 4.90 Å². The summed E-state index contributed by atoms with van der Waals surface area (Å²) in [6, 6.07) is 18.3. The zero-order valence-electron chi connectivity index (χ0n) is 12.6. The van der Waals surface area contributed by atoms with Gasteiger partial charge in [-0.1, -0.05) is 41.9 Å². The predicted octanol–water partition coefficient (Wildman–Crippen LogP) is 2.99. The summed E-state index contributed by atoms with van der Waals surface area (Å²) >= 11 is 5.88. The van der Waals surface area contributed by atoms with Crippen LogP contribution in [0.15, 0.2) is 59.7 Å². The van der Waals surface area contributed by atoms with Gasteiger partial charge in [-0.05, 0) is 24.3 Å². The highest BCUT2D eigenvalue weighted by molar-refractivity contribution is 6.30. The van der Waals surface area contributed by atoms with Crippen molar-refractivity contribution >= 4 is 23.0 Å². The second-order valence-corrected chi connectivity index (χ2v) is 6.15. The van der Waals surface area contributed by atoms with Crippen molar-refractivity contribution in [3.8, 4) is 0 Å². The molecule has 22 heavy (non-hydrogen) atoms. The van der Waals surface area contributed by atoms with Gasteiger partial charge >= 0.3 is 0 Å². The van der Waals surface area contributed by atoms with Gasteiger partial charge in [0.2, 0.25) is 0 Å². The first-order valence-electron chi connectivity index (χ1n) is 7.74. The van der Waals surface area contributed by atoms with Gasteiger partial charge in [0, 0.05) is 29.1 Å². The molecule has 0 bridgehead atoms. The van der Waals surface area contributed by atoms with E-state index in [1.54, 1.807) is 4.90 Å². The van der Waals surface area contributed by atoms with Crippen LogP contribution < -0.4 is 10.3 Å². The Hall–Kier alpha value is -1.84. The van der Waals surface area contributed by atoms with Crippen molar-refractivity contribution in [2.24, 2.45) is 5.10 Å². The first-order valence-corrected chi connectivity index (χ1v) is 8.12. The normalized spacial score (nSPS) is 18.0. The first-order chi connectivity index (χ1) is 10.8. The average Bonchev–Trinajstić information content (AvgIpc) is 2.57. The number of hydrazone groups is 1. The predicted molar refractivity (Wildman–Crippen MR) is 92.6 cm³/mol. The van der Waals surface area contributed by atoms with E-state index in [9.17, 15) is 0 Å². The number of halogens is 1. The van der Waals surface area contributed by atoms with Gasteiger partial charge in [0.05, 0.1) is 18.8 Å². The van der Waals surface area contributed by atoms with Crippen LogP contribution in [-0.4, -0.2) is 18.8 Å². The van der Waals surface area contributed by atoms with Crippen LogP contribution in [0.25, 0.3) is 0 Å². The molecule has 1 fully saturated rings. The average molecular weight is 315 g/mol. The molecule has 1 saturated heterocycles. The van der Waals surface area contributed by atoms with Gasteiger partial charge in [-0.3, -0.25) is 5.43 Å². The van der Waals surface area contributed by atoms with Crippen molar-refractivity contribution in [1.82, 2.24) is 0 Å². The molecule has 0 atom stereocenters. The van der Waals surface area contributed by atoms with Crippen LogP contribution >= 0.6 is 11.6 Å². The Morgan fingerprint density at radius 1 is 0.955 bits per heavy atom. The smallest absolute Gasteiger partial charge is 0.103 e. The van der Waals surface area contributed by atoms with Crippen molar-refractivity contribution < 1.29 is 4.90 Å². The number of benzene rings is 2. The molecule has 0 radical (unpaired) electrons. The lowest BCUT2D eigenvalue weighted by Crippen LogP contribution is -3.11. The van der Waals surface area contributed by atoms with E-state index in [0.29, 0.717) is 0 Å². The Kier molecular flexibility index (Phi) is 5.09. The molecule has 0 aromatic heterocycles. The van der Waals surface area contributed by atoms with Crippen LogP contribution in [0.4, 0.5) is 5.69 Å². The zero-order valence-corrected chi connectivity index (χ0v) is 13.3. The van der Waals surface area contributed by atoms with Gasteiger partial charge in [0.15, 0.2) is 0 Å². The second-order valence-electron chi connectivity index (χ2n) is 5.71. The number of hydrogen-bond donors (Lipinski definition) is 2. The third-order valence-electron chi connectivity index (χ3n) is 4.02. The largest absolute Gasteiger partial charge is 0.331 e. The lowest BCUT2D eigenvalue weighted by Gasteiger charge is -2.24. The zero-order chi connectivity index (χ0) is 15.2. The second kappa shape index (κ2) is 7.43. The van der Waals surface area contributed by atoms with Crippen LogP contribution in [0.2, 0.25) is 5.02 Å². The first kappa shape index (κ1) is 15.1. The molecule has 3 rings (SSSR count). The molecule has 114 valence electrons. The molecule has 2 N–H and O–H groups in total. The minimum Gasteiger partial charge on any atom is -0.331 e. The Morgan fingerprint density at radius 3 is 2.32 bits per heavy atom. The highest BCUT2D eigenvalue weighted by Gasteiger charge is 2.18. The monoisotopic (exact) mass is 314 g/mol. The maximum atomic E-state index is 5.88. The molecule has 1 aliphatic rings. The number of nitrogens with one attached hydrogen (secondary N) is 2.